The minimum atomic E-state index is -1.72. The highest BCUT2D eigenvalue weighted by Crippen LogP contribution is 2.64. The minimum absolute atomic E-state index is 0.254. The molecule has 0 aliphatic heterocycles. The van der Waals surface area contributed by atoms with Crippen molar-refractivity contribution in [3.63, 3.8) is 0 Å². The highest BCUT2D eigenvalue weighted by molar-refractivity contribution is 6.74. The lowest BCUT2D eigenvalue weighted by atomic mass is 9.52. The van der Waals surface area contributed by atoms with Gasteiger partial charge in [-0.2, -0.15) is 0 Å². The Balaban J connectivity index is 1.52. The zero-order valence-corrected chi connectivity index (χ0v) is 22.3. The van der Waals surface area contributed by atoms with Crippen LogP contribution in [-0.2, 0) is 4.43 Å². The third-order valence-corrected chi connectivity index (χ3v) is 15.1. The van der Waals surface area contributed by atoms with Crippen molar-refractivity contribution in [3.05, 3.63) is 23.8 Å². The van der Waals surface area contributed by atoms with Crippen LogP contribution in [0.4, 0.5) is 0 Å². The van der Waals surface area contributed by atoms with Crippen LogP contribution in [0.3, 0.4) is 0 Å². The zero-order chi connectivity index (χ0) is 22.7. The maximum Gasteiger partial charge on any atom is 0.191 e. The van der Waals surface area contributed by atoms with Crippen molar-refractivity contribution >= 4 is 8.32 Å². The van der Waals surface area contributed by atoms with Gasteiger partial charge in [-0.05, 0) is 105 Å². The molecule has 2 nitrogen and oxygen atoms in total. The van der Waals surface area contributed by atoms with Gasteiger partial charge in [-0.1, -0.05) is 58.4 Å². The minimum Gasteiger partial charge on any atom is -0.417 e. The van der Waals surface area contributed by atoms with Crippen LogP contribution < -0.4 is 0 Å². The van der Waals surface area contributed by atoms with Crippen LogP contribution in [0.2, 0.25) is 18.1 Å². The maximum absolute atomic E-state index is 12.3. The van der Waals surface area contributed by atoms with Gasteiger partial charge in [0.15, 0.2) is 8.32 Å². The Hall–Kier alpha value is -0.383. The Bertz CT molecular complexity index is 732. The summed E-state index contributed by atoms with van der Waals surface area (Å²) in [5, 5.41) is 12.5. The molecule has 4 aliphatic carbocycles. The van der Waals surface area contributed by atoms with Gasteiger partial charge in [-0.25, -0.2) is 0 Å². The summed E-state index contributed by atoms with van der Waals surface area (Å²) in [6, 6.07) is 0. The number of hydrogen-bond donors (Lipinski definition) is 1. The number of allylic oxidation sites excluding steroid dienone is 3. The molecule has 0 spiro atoms. The van der Waals surface area contributed by atoms with Gasteiger partial charge in [0.05, 0.1) is 5.60 Å². The van der Waals surface area contributed by atoms with Gasteiger partial charge in [0.2, 0.25) is 0 Å². The van der Waals surface area contributed by atoms with Crippen molar-refractivity contribution in [1.82, 2.24) is 0 Å². The van der Waals surface area contributed by atoms with Crippen LogP contribution in [-0.4, -0.2) is 25.6 Å². The molecule has 0 heterocycles. The van der Waals surface area contributed by atoms with Gasteiger partial charge in [-0.15, -0.1) is 0 Å². The van der Waals surface area contributed by atoms with E-state index in [9.17, 15) is 5.11 Å². The fourth-order valence-corrected chi connectivity index (χ4v) is 8.74. The van der Waals surface area contributed by atoms with Crippen LogP contribution in [0.1, 0.15) is 86.0 Å². The average molecular weight is 445 g/mol. The van der Waals surface area contributed by atoms with E-state index in [4.69, 9.17) is 4.43 Å². The normalized spacial score (nSPS) is 43.3. The predicted molar refractivity (Wildman–Crippen MR) is 133 cm³/mol. The van der Waals surface area contributed by atoms with E-state index in [0.29, 0.717) is 23.7 Å². The number of rotatable bonds is 4. The average Bonchev–Trinajstić information content (AvgIpc) is 3.04. The molecule has 1 N–H and O–H groups in total. The van der Waals surface area contributed by atoms with E-state index in [2.05, 4.69) is 65.9 Å². The number of hydrogen-bond acceptors (Lipinski definition) is 2. The molecule has 7 atom stereocenters. The van der Waals surface area contributed by atoms with Crippen LogP contribution >= 0.6 is 0 Å². The molecule has 0 aromatic carbocycles. The van der Waals surface area contributed by atoms with E-state index in [0.717, 1.165) is 18.9 Å². The first kappa shape index (κ1) is 23.8. The number of aliphatic hydroxyl groups is 1. The second-order valence-corrected chi connectivity index (χ2v) is 18.3. The van der Waals surface area contributed by atoms with E-state index in [-0.39, 0.29) is 10.5 Å². The Morgan fingerprint density at radius 3 is 2.68 bits per heavy atom. The summed E-state index contributed by atoms with van der Waals surface area (Å²) >= 11 is 0. The summed E-state index contributed by atoms with van der Waals surface area (Å²) in [5.74, 6) is 2.91. The molecular formula is C28H48O2Si. The molecule has 2 saturated carbocycles. The topological polar surface area (TPSA) is 29.5 Å². The molecular weight excluding hydrogens is 396 g/mol. The zero-order valence-electron chi connectivity index (χ0n) is 21.3. The molecule has 3 heteroatoms. The highest BCUT2D eigenvalue weighted by atomic mass is 28.4. The smallest absolute Gasteiger partial charge is 0.191 e. The predicted octanol–water partition coefficient (Wildman–Crippen LogP) is 7.50. The molecule has 0 saturated heterocycles. The molecule has 0 aromatic heterocycles. The SMILES string of the molecule is C[C@H](CO[Si](C)(C)C(C)(C)C)[C@H]1CC[C@@H]2[C@]1(C)CCC1CC3CC=C/C(=C/C[C@]12O)C3. The molecule has 176 valence electrons. The number of fused-ring (bicyclic) bond motifs is 5. The fraction of sp³-hybridized carbons (Fsp3) is 0.857. The third-order valence-electron chi connectivity index (χ3n) is 10.6. The van der Waals surface area contributed by atoms with Gasteiger partial charge in [0, 0.05) is 6.61 Å². The molecule has 0 radical (unpaired) electrons. The maximum atomic E-state index is 12.3. The monoisotopic (exact) mass is 444 g/mol. The van der Waals surface area contributed by atoms with Crippen molar-refractivity contribution in [1.29, 1.82) is 0 Å². The van der Waals surface area contributed by atoms with Crippen LogP contribution in [0.15, 0.2) is 23.8 Å². The van der Waals surface area contributed by atoms with E-state index in [1.165, 1.54) is 50.5 Å². The second-order valence-electron chi connectivity index (χ2n) is 13.4. The molecule has 2 unspecified atom stereocenters. The van der Waals surface area contributed by atoms with E-state index in [1.54, 1.807) is 0 Å². The van der Waals surface area contributed by atoms with Crippen molar-refractivity contribution in [2.45, 2.75) is 110 Å². The van der Waals surface area contributed by atoms with Gasteiger partial charge in [0.1, 0.15) is 0 Å². The van der Waals surface area contributed by atoms with Gasteiger partial charge in [-0.3, -0.25) is 0 Å². The van der Waals surface area contributed by atoms with E-state index < -0.39 is 13.9 Å². The quantitative estimate of drug-likeness (QED) is 0.455. The van der Waals surface area contributed by atoms with Crippen molar-refractivity contribution < 1.29 is 9.53 Å². The first-order valence-electron chi connectivity index (χ1n) is 13.1. The first-order valence-corrected chi connectivity index (χ1v) is 16.0. The lowest BCUT2D eigenvalue weighted by Gasteiger charge is -2.56. The van der Waals surface area contributed by atoms with Crippen molar-refractivity contribution in [2.24, 2.45) is 35.0 Å². The summed E-state index contributed by atoms with van der Waals surface area (Å²) in [4.78, 5) is 0. The fourth-order valence-electron chi connectivity index (χ4n) is 7.63. The molecule has 0 aromatic rings. The van der Waals surface area contributed by atoms with Crippen LogP contribution in [0.5, 0.6) is 0 Å². The molecule has 2 bridgehead atoms. The van der Waals surface area contributed by atoms with Gasteiger partial charge >= 0.3 is 0 Å². The van der Waals surface area contributed by atoms with Crippen LogP contribution in [0.25, 0.3) is 0 Å². The summed E-state index contributed by atoms with van der Waals surface area (Å²) in [6.45, 7) is 17.6. The van der Waals surface area contributed by atoms with E-state index >= 15 is 0 Å². The summed E-state index contributed by atoms with van der Waals surface area (Å²) in [5.41, 5.74) is 1.22. The molecule has 0 amide bonds. The lowest BCUT2D eigenvalue weighted by molar-refractivity contribution is -0.152. The second kappa shape index (κ2) is 8.13. The standard InChI is InChI=1S/C28H48O2Si/c1-20(19-30-31(6,7)26(2,3)4)24-11-12-25-27(24,5)15-14-23-18-22-10-8-9-21(17-22)13-16-28(23,25)29/h8-9,13,20,22-25,29H,10-12,14-19H2,1-7H3/b21-13-/t20-,22?,23?,24-,25-,27-,28+/m1/s1. The van der Waals surface area contributed by atoms with Crippen LogP contribution in [0, 0.1) is 35.0 Å². The Labute approximate surface area is 193 Å². The lowest BCUT2D eigenvalue weighted by Crippen LogP contribution is -2.56. The first-order chi connectivity index (χ1) is 14.4. The summed E-state index contributed by atoms with van der Waals surface area (Å²) in [7, 11) is -1.72. The van der Waals surface area contributed by atoms with Crippen molar-refractivity contribution in [3.8, 4) is 0 Å². The van der Waals surface area contributed by atoms with Gasteiger partial charge in [0.25, 0.3) is 0 Å². The van der Waals surface area contributed by atoms with E-state index in [1.807, 2.05) is 0 Å². The molecule has 4 rings (SSSR count). The summed E-state index contributed by atoms with van der Waals surface area (Å²) in [6.07, 6.45) is 16.6. The molecule has 2 fully saturated rings. The Morgan fingerprint density at radius 1 is 1.23 bits per heavy atom. The Kier molecular flexibility index (Phi) is 6.23. The van der Waals surface area contributed by atoms with Gasteiger partial charge < -0.3 is 9.53 Å². The molecule has 31 heavy (non-hydrogen) atoms. The third kappa shape index (κ3) is 4.17. The highest BCUT2D eigenvalue weighted by Gasteiger charge is 2.61. The summed E-state index contributed by atoms with van der Waals surface area (Å²) < 4.78 is 6.67. The Morgan fingerprint density at radius 2 is 1.97 bits per heavy atom. The molecule has 4 aliphatic rings. The van der Waals surface area contributed by atoms with Crippen molar-refractivity contribution in [2.75, 3.05) is 6.61 Å². The largest absolute Gasteiger partial charge is 0.417 e.